The van der Waals surface area contributed by atoms with E-state index in [9.17, 15) is 0 Å². The minimum Gasteiger partial charge on any atom is -0.436 e. The van der Waals surface area contributed by atoms with E-state index in [2.05, 4.69) is 211 Å². The van der Waals surface area contributed by atoms with Crippen molar-refractivity contribution >= 4 is 49.7 Å². The smallest absolute Gasteiger partial charge is 0.227 e. The largest absolute Gasteiger partial charge is 0.436 e. The summed E-state index contributed by atoms with van der Waals surface area (Å²) in [5.74, 6) is 0.605. The molecule has 0 saturated heterocycles. The van der Waals surface area contributed by atoms with Crippen LogP contribution in [0.4, 0.5) is 17.1 Å². The molecule has 0 amide bonds. The maximum atomic E-state index is 6.72. The lowest BCUT2D eigenvalue weighted by atomic mass is 9.93. The second-order valence-electron chi connectivity index (χ2n) is 13.5. The molecule has 0 fully saturated rings. The lowest BCUT2D eigenvalue weighted by molar-refractivity contribution is 0.620. The van der Waals surface area contributed by atoms with Crippen LogP contribution in [0.1, 0.15) is 0 Å². The number of para-hydroxylation sites is 1. The first-order valence-electron chi connectivity index (χ1n) is 18.3. The molecule has 0 aliphatic carbocycles. The Kier molecular flexibility index (Phi) is 7.81. The highest BCUT2D eigenvalue weighted by atomic mass is 16.3. The summed E-state index contributed by atoms with van der Waals surface area (Å²) in [4.78, 5) is 7.54. The van der Waals surface area contributed by atoms with Gasteiger partial charge in [-0.25, -0.2) is 4.98 Å². The van der Waals surface area contributed by atoms with E-state index < -0.39 is 0 Å². The van der Waals surface area contributed by atoms with E-state index in [0.29, 0.717) is 5.89 Å². The van der Waals surface area contributed by atoms with Crippen LogP contribution in [0, 0.1) is 0 Å². The molecule has 0 unspecified atom stereocenters. The third-order valence-electron chi connectivity index (χ3n) is 10.3. The van der Waals surface area contributed by atoms with Crippen LogP contribution in [0.3, 0.4) is 0 Å². The molecule has 54 heavy (non-hydrogen) atoms. The van der Waals surface area contributed by atoms with Crippen LogP contribution in [-0.2, 0) is 0 Å². The summed E-state index contributed by atoms with van der Waals surface area (Å²) in [6.45, 7) is 0. The first kappa shape index (κ1) is 31.5. The van der Waals surface area contributed by atoms with Crippen molar-refractivity contribution < 1.29 is 4.42 Å². The van der Waals surface area contributed by atoms with Crippen molar-refractivity contribution in [3.05, 3.63) is 206 Å². The van der Waals surface area contributed by atoms with Crippen LogP contribution in [-0.4, -0.2) is 4.98 Å². The first-order chi connectivity index (χ1) is 26.8. The Hall–Kier alpha value is -7.23. The van der Waals surface area contributed by atoms with Gasteiger partial charge in [0.05, 0.1) is 11.4 Å². The van der Waals surface area contributed by atoms with Crippen molar-refractivity contribution in [2.45, 2.75) is 0 Å². The van der Waals surface area contributed by atoms with E-state index in [0.717, 1.165) is 72.1 Å². The van der Waals surface area contributed by atoms with Gasteiger partial charge >= 0.3 is 0 Å². The molecule has 0 saturated carbocycles. The summed E-state index contributed by atoms with van der Waals surface area (Å²) in [6, 6.07) is 72.9. The van der Waals surface area contributed by atoms with Crippen LogP contribution in [0.2, 0.25) is 0 Å². The number of nitrogens with zero attached hydrogens (tertiary/aromatic N) is 2. The van der Waals surface area contributed by atoms with E-state index in [1.54, 1.807) is 0 Å². The van der Waals surface area contributed by atoms with Crippen molar-refractivity contribution in [1.82, 2.24) is 4.98 Å². The van der Waals surface area contributed by atoms with Crippen molar-refractivity contribution in [3.63, 3.8) is 0 Å². The number of hydrogen-bond donors (Lipinski definition) is 0. The van der Waals surface area contributed by atoms with Gasteiger partial charge in [-0.1, -0.05) is 170 Å². The number of rotatable bonds is 7. The minimum absolute atomic E-state index is 0.605. The minimum atomic E-state index is 0.605. The van der Waals surface area contributed by atoms with E-state index in [1.165, 1.54) is 16.5 Å². The van der Waals surface area contributed by atoms with Gasteiger partial charge in [0.15, 0.2) is 5.58 Å². The summed E-state index contributed by atoms with van der Waals surface area (Å²) in [6.07, 6.45) is 0. The number of oxazole rings is 1. The summed E-state index contributed by atoms with van der Waals surface area (Å²) in [5, 5.41) is 4.46. The van der Waals surface area contributed by atoms with Crippen LogP contribution in [0.25, 0.3) is 77.5 Å². The van der Waals surface area contributed by atoms with Crippen LogP contribution in [0.5, 0.6) is 0 Å². The van der Waals surface area contributed by atoms with E-state index in [4.69, 9.17) is 9.40 Å². The summed E-state index contributed by atoms with van der Waals surface area (Å²) < 4.78 is 6.72. The second-order valence-corrected chi connectivity index (χ2v) is 13.5. The molecule has 0 bridgehead atoms. The Balaban J connectivity index is 1.24. The molecule has 0 radical (unpaired) electrons. The van der Waals surface area contributed by atoms with Crippen LogP contribution < -0.4 is 4.90 Å². The van der Waals surface area contributed by atoms with Crippen molar-refractivity contribution in [1.29, 1.82) is 0 Å². The quantitative estimate of drug-likeness (QED) is 0.167. The fourth-order valence-electron chi connectivity index (χ4n) is 7.70. The third-order valence-corrected chi connectivity index (χ3v) is 10.3. The highest BCUT2D eigenvalue weighted by molar-refractivity contribution is 6.13. The zero-order valence-corrected chi connectivity index (χ0v) is 29.4. The molecule has 9 aromatic carbocycles. The molecule has 10 aromatic rings. The predicted octanol–water partition coefficient (Wildman–Crippen LogP) is 14.3. The van der Waals surface area contributed by atoms with Crippen molar-refractivity contribution in [2.75, 3.05) is 4.90 Å². The van der Waals surface area contributed by atoms with Gasteiger partial charge in [0.25, 0.3) is 0 Å². The van der Waals surface area contributed by atoms with Gasteiger partial charge in [0.2, 0.25) is 5.89 Å². The van der Waals surface area contributed by atoms with Crippen LogP contribution >= 0.6 is 0 Å². The monoisotopic (exact) mass is 690 g/mol. The standard InChI is InChI=1S/C51H34N2O/c1-4-17-36(18-5-1)42-31-30-41(33-46(42)38-21-8-3-9-22-38)53(47-27-15-14-24-43(47)37-19-6-2-7-20-37)48-34-49-50(45-26-13-12-25-44(45)48)52-51(54-49)40-29-28-35-16-10-11-23-39(35)32-40/h1-34H. The van der Waals surface area contributed by atoms with Gasteiger partial charge < -0.3 is 9.32 Å². The molecule has 0 aliphatic rings. The zero-order valence-electron chi connectivity index (χ0n) is 29.4. The zero-order chi connectivity index (χ0) is 35.8. The first-order valence-corrected chi connectivity index (χ1v) is 18.3. The van der Waals surface area contributed by atoms with Crippen molar-refractivity contribution in [3.8, 4) is 44.8 Å². The Morgan fingerprint density at radius 3 is 1.70 bits per heavy atom. The highest BCUT2D eigenvalue weighted by Crippen LogP contribution is 2.47. The molecule has 0 spiro atoms. The van der Waals surface area contributed by atoms with E-state index in [1.807, 2.05) is 0 Å². The lowest BCUT2D eigenvalue weighted by Crippen LogP contribution is -2.12. The molecule has 0 N–H and O–H groups in total. The number of fused-ring (bicyclic) bond motifs is 4. The van der Waals surface area contributed by atoms with E-state index in [-0.39, 0.29) is 0 Å². The number of anilines is 3. The van der Waals surface area contributed by atoms with Crippen molar-refractivity contribution in [2.24, 2.45) is 0 Å². The third kappa shape index (κ3) is 5.60. The predicted molar refractivity (Wildman–Crippen MR) is 225 cm³/mol. The molecule has 10 rings (SSSR count). The SMILES string of the molecule is c1ccc(-c2ccc(N(c3ccccc3-c3ccccc3)c3cc4oc(-c5ccc6ccccc6c5)nc4c4ccccc34)cc2-c2ccccc2)cc1. The van der Waals surface area contributed by atoms with Gasteiger partial charge in [-0.2, -0.15) is 0 Å². The average molecular weight is 691 g/mol. The number of benzene rings is 9. The molecule has 1 aromatic heterocycles. The Morgan fingerprint density at radius 1 is 0.370 bits per heavy atom. The molecule has 0 atom stereocenters. The second kappa shape index (κ2) is 13.4. The van der Waals surface area contributed by atoms with Gasteiger partial charge in [-0.3, -0.25) is 0 Å². The molecular weight excluding hydrogens is 657 g/mol. The molecular formula is C51H34N2O. The molecule has 254 valence electrons. The van der Waals surface area contributed by atoms with Gasteiger partial charge in [-0.05, 0) is 68.9 Å². The molecule has 3 heteroatoms. The Morgan fingerprint density at radius 2 is 0.963 bits per heavy atom. The molecule has 1 heterocycles. The normalized spacial score (nSPS) is 11.3. The van der Waals surface area contributed by atoms with Gasteiger partial charge in [0, 0.05) is 33.7 Å². The lowest BCUT2D eigenvalue weighted by Gasteiger charge is -2.30. The maximum Gasteiger partial charge on any atom is 0.227 e. The number of aromatic nitrogens is 1. The Bertz CT molecular complexity index is 2930. The summed E-state index contributed by atoms with van der Waals surface area (Å²) in [5.41, 5.74) is 12.6. The van der Waals surface area contributed by atoms with Gasteiger partial charge in [-0.15, -0.1) is 0 Å². The summed E-state index contributed by atoms with van der Waals surface area (Å²) >= 11 is 0. The molecule has 3 nitrogen and oxygen atoms in total. The topological polar surface area (TPSA) is 29.3 Å². The van der Waals surface area contributed by atoms with Crippen LogP contribution in [0.15, 0.2) is 211 Å². The Labute approximate surface area is 314 Å². The fraction of sp³-hybridized carbons (Fsp3) is 0. The number of hydrogen-bond acceptors (Lipinski definition) is 3. The summed E-state index contributed by atoms with van der Waals surface area (Å²) in [7, 11) is 0. The molecule has 0 aliphatic heterocycles. The maximum absolute atomic E-state index is 6.72. The van der Waals surface area contributed by atoms with E-state index >= 15 is 0 Å². The fourth-order valence-corrected chi connectivity index (χ4v) is 7.70. The van der Waals surface area contributed by atoms with Gasteiger partial charge in [0.1, 0.15) is 5.52 Å². The average Bonchev–Trinajstić information content (AvgIpc) is 3.69. The highest BCUT2D eigenvalue weighted by Gasteiger charge is 2.24.